The molecule has 8 nitrogen and oxygen atoms in total. The van der Waals surface area contributed by atoms with Crippen LogP contribution in [0.15, 0.2) is 6.07 Å². The van der Waals surface area contributed by atoms with Gasteiger partial charge in [0.1, 0.15) is 0 Å². The second-order valence-corrected chi connectivity index (χ2v) is 4.17. The minimum atomic E-state index is 0.132. The van der Waals surface area contributed by atoms with E-state index in [-0.39, 0.29) is 18.2 Å². The third-order valence-electron chi connectivity index (χ3n) is 3.08. The van der Waals surface area contributed by atoms with Crippen LogP contribution in [0.4, 0.5) is 5.69 Å². The minimum Gasteiger partial charge on any atom is -0.477 e. The van der Waals surface area contributed by atoms with Crippen LogP contribution in [0.5, 0.6) is 11.8 Å². The lowest BCUT2D eigenvalue weighted by molar-refractivity contribution is -0.215. The Morgan fingerprint density at radius 1 is 1.29 bits per heavy atom. The number of ether oxygens (including phenoxy) is 2. The first-order chi connectivity index (χ1) is 10.2. The van der Waals surface area contributed by atoms with Gasteiger partial charge in [0.2, 0.25) is 0 Å². The molecular weight excluding hydrogens is 276 g/mol. The van der Waals surface area contributed by atoms with Crippen molar-refractivity contribution >= 4 is 16.7 Å². The maximum atomic E-state index is 9.00. The Morgan fingerprint density at radius 3 is 2.52 bits per heavy atom. The van der Waals surface area contributed by atoms with E-state index in [2.05, 4.69) is 26.5 Å². The first-order valence-electron chi connectivity index (χ1n) is 6.01. The van der Waals surface area contributed by atoms with Crippen LogP contribution >= 0.6 is 0 Å². The van der Waals surface area contributed by atoms with Crippen molar-refractivity contribution in [2.45, 2.75) is 13.3 Å². The first kappa shape index (κ1) is 14.8. The third kappa shape index (κ3) is 2.65. The maximum Gasteiger partial charge on any atom is 0.278 e. The molecule has 0 atom stereocenters. The standard InChI is InChI=1S/C13H14N4O4/c1-7-8(4-5-14)11-10(6-9(7)17-21-18)15-12(19-2)13(16-11)20-3/h6,17-18H,4H2,1-3H3. The Labute approximate surface area is 120 Å². The molecule has 0 amide bonds. The molecule has 0 aliphatic rings. The topological polar surface area (TPSA) is 110 Å². The third-order valence-corrected chi connectivity index (χ3v) is 3.08. The van der Waals surface area contributed by atoms with Crippen molar-refractivity contribution < 1.29 is 19.7 Å². The predicted molar refractivity (Wildman–Crippen MR) is 74.0 cm³/mol. The van der Waals surface area contributed by atoms with Crippen LogP contribution < -0.4 is 15.0 Å². The molecule has 0 unspecified atom stereocenters. The van der Waals surface area contributed by atoms with Crippen molar-refractivity contribution in [1.82, 2.24) is 9.97 Å². The van der Waals surface area contributed by atoms with Crippen molar-refractivity contribution in [1.29, 1.82) is 5.26 Å². The Bertz CT molecular complexity index is 712. The number of rotatable bonds is 5. The molecule has 0 saturated carbocycles. The molecule has 2 N–H and O–H groups in total. The zero-order chi connectivity index (χ0) is 15.4. The fraction of sp³-hybridized carbons (Fsp3) is 0.308. The number of benzene rings is 1. The van der Waals surface area contributed by atoms with Crippen molar-refractivity contribution in [3.05, 3.63) is 17.2 Å². The van der Waals surface area contributed by atoms with E-state index < -0.39 is 0 Å². The van der Waals surface area contributed by atoms with E-state index in [1.165, 1.54) is 14.2 Å². The van der Waals surface area contributed by atoms with Gasteiger partial charge in [-0.15, -0.1) is 4.99 Å². The predicted octanol–water partition coefficient (Wildman–Crippen LogP) is 1.84. The molecule has 21 heavy (non-hydrogen) atoms. The molecule has 1 heterocycles. The van der Waals surface area contributed by atoms with E-state index in [1.54, 1.807) is 13.0 Å². The SMILES string of the molecule is COc1nc2cc(NOO)c(C)c(CC#N)c2nc1OC. The summed E-state index contributed by atoms with van der Waals surface area (Å²) in [4.78, 5) is 12.6. The van der Waals surface area contributed by atoms with Gasteiger partial charge >= 0.3 is 0 Å². The summed E-state index contributed by atoms with van der Waals surface area (Å²) in [6.45, 7) is 1.78. The summed E-state index contributed by atoms with van der Waals surface area (Å²) in [5.74, 6) is 0.468. The molecule has 0 bridgehead atoms. The van der Waals surface area contributed by atoms with Crippen LogP contribution in [0.2, 0.25) is 0 Å². The number of nitrogens with zero attached hydrogens (tertiary/aromatic N) is 3. The lowest BCUT2D eigenvalue weighted by atomic mass is 10.0. The lowest BCUT2D eigenvalue weighted by Gasteiger charge is -2.14. The number of hydrogen-bond donors (Lipinski definition) is 2. The highest BCUT2D eigenvalue weighted by molar-refractivity contribution is 5.85. The van der Waals surface area contributed by atoms with Gasteiger partial charge in [-0.1, -0.05) is 0 Å². The number of methoxy groups -OCH3 is 2. The van der Waals surface area contributed by atoms with Gasteiger partial charge < -0.3 is 9.47 Å². The van der Waals surface area contributed by atoms with Gasteiger partial charge in [0.05, 0.1) is 43.4 Å². The molecular formula is C13H14N4O4. The highest BCUT2D eigenvalue weighted by Gasteiger charge is 2.17. The lowest BCUT2D eigenvalue weighted by Crippen LogP contribution is -2.05. The number of nitriles is 1. The van der Waals surface area contributed by atoms with Crippen LogP contribution in [0.1, 0.15) is 11.1 Å². The quantitative estimate of drug-likeness (QED) is 0.634. The molecule has 0 radical (unpaired) electrons. The first-order valence-corrected chi connectivity index (χ1v) is 6.01. The Morgan fingerprint density at radius 2 is 1.95 bits per heavy atom. The largest absolute Gasteiger partial charge is 0.477 e. The average molecular weight is 290 g/mol. The molecule has 0 saturated heterocycles. The number of hydrogen-bond acceptors (Lipinski definition) is 8. The van der Waals surface area contributed by atoms with Gasteiger partial charge in [0, 0.05) is 0 Å². The summed E-state index contributed by atoms with van der Waals surface area (Å²) < 4.78 is 10.2. The zero-order valence-electron chi connectivity index (χ0n) is 11.8. The van der Waals surface area contributed by atoms with E-state index in [1.807, 2.05) is 0 Å². The zero-order valence-corrected chi connectivity index (χ0v) is 11.8. The summed E-state index contributed by atoms with van der Waals surface area (Å²) in [5, 5.41) is 17.6. The molecule has 0 fully saturated rings. The molecule has 110 valence electrons. The van der Waals surface area contributed by atoms with E-state index >= 15 is 0 Å². The maximum absolute atomic E-state index is 9.00. The van der Waals surface area contributed by atoms with Gasteiger partial charge in [0.25, 0.3) is 11.8 Å². The fourth-order valence-corrected chi connectivity index (χ4v) is 2.04. The number of fused-ring (bicyclic) bond motifs is 1. The van der Waals surface area contributed by atoms with Gasteiger partial charge in [-0.3, -0.25) is 0 Å². The van der Waals surface area contributed by atoms with E-state index in [0.717, 1.165) is 5.56 Å². The second kappa shape index (κ2) is 6.21. The van der Waals surface area contributed by atoms with Gasteiger partial charge in [-0.2, -0.15) is 5.26 Å². The normalized spacial score (nSPS) is 10.2. The molecule has 2 aromatic rings. The fourth-order valence-electron chi connectivity index (χ4n) is 2.04. The molecule has 0 aliphatic carbocycles. The highest BCUT2D eigenvalue weighted by atomic mass is 17.2. The van der Waals surface area contributed by atoms with E-state index in [9.17, 15) is 0 Å². The van der Waals surface area contributed by atoms with Crippen LogP contribution in [0.25, 0.3) is 11.0 Å². The van der Waals surface area contributed by atoms with Gasteiger partial charge in [-0.05, 0) is 24.1 Å². The molecule has 0 aliphatic heterocycles. The Kier molecular flexibility index (Phi) is 4.37. The van der Waals surface area contributed by atoms with Gasteiger partial charge in [-0.25, -0.2) is 20.7 Å². The molecule has 0 spiro atoms. The van der Waals surface area contributed by atoms with Gasteiger partial charge in [0.15, 0.2) is 0 Å². The Hall–Kier alpha value is -2.63. The summed E-state index contributed by atoms with van der Waals surface area (Å²) in [6, 6.07) is 3.72. The van der Waals surface area contributed by atoms with Crippen LogP contribution in [0.3, 0.4) is 0 Å². The molecule has 8 heteroatoms. The number of aromatic nitrogens is 2. The second-order valence-electron chi connectivity index (χ2n) is 4.17. The number of anilines is 1. The highest BCUT2D eigenvalue weighted by Crippen LogP contribution is 2.32. The van der Waals surface area contributed by atoms with Crippen LogP contribution in [-0.2, 0) is 11.4 Å². The Balaban J connectivity index is 2.79. The van der Waals surface area contributed by atoms with Crippen molar-refractivity contribution in [3.63, 3.8) is 0 Å². The summed E-state index contributed by atoms with van der Waals surface area (Å²) in [5.41, 5.74) is 5.24. The summed E-state index contributed by atoms with van der Waals surface area (Å²) >= 11 is 0. The smallest absolute Gasteiger partial charge is 0.278 e. The van der Waals surface area contributed by atoms with E-state index in [0.29, 0.717) is 22.3 Å². The van der Waals surface area contributed by atoms with E-state index in [4.69, 9.17) is 20.0 Å². The van der Waals surface area contributed by atoms with Crippen LogP contribution in [-0.4, -0.2) is 29.4 Å². The van der Waals surface area contributed by atoms with Crippen molar-refractivity contribution in [2.75, 3.05) is 19.7 Å². The van der Waals surface area contributed by atoms with Crippen LogP contribution in [0, 0.1) is 18.3 Å². The minimum absolute atomic E-state index is 0.132. The number of nitrogens with one attached hydrogen (secondary N) is 1. The van der Waals surface area contributed by atoms with Crippen molar-refractivity contribution in [3.8, 4) is 17.8 Å². The summed E-state index contributed by atoms with van der Waals surface area (Å²) in [6.07, 6.45) is 0.132. The molecule has 2 rings (SSSR count). The molecule has 1 aromatic heterocycles. The van der Waals surface area contributed by atoms with Crippen molar-refractivity contribution in [2.24, 2.45) is 0 Å². The molecule has 1 aromatic carbocycles. The monoisotopic (exact) mass is 290 g/mol. The summed E-state index contributed by atoms with van der Waals surface area (Å²) in [7, 11) is 2.92. The average Bonchev–Trinajstić information content (AvgIpc) is 2.50.